The summed E-state index contributed by atoms with van der Waals surface area (Å²) < 4.78 is 35.5. The molecule has 3 aromatic rings. The first-order valence-electron chi connectivity index (χ1n) is 8.56. The van der Waals surface area contributed by atoms with Gasteiger partial charge < -0.3 is 14.8 Å². The standard InChI is InChI=1S/C21H18F2N2O2/c1-13-5-3-4-6-15(13)11-24-20-8-7-16(12-25-20)17-10-19-18(9-14(17)2)26-21(22,23)27-19/h3-10,12H,11H2,1-2H3,(H,24,25). The number of nitrogens with zero attached hydrogens (tertiary/aromatic N) is 1. The summed E-state index contributed by atoms with van der Waals surface area (Å²) in [6, 6.07) is 15.0. The molecule has 138 valence electrons. The van der Waals surface area contributed by atoms with Gasteiger partial charge in [-0.25, -0.2) is 4.98 Å². The van der Waals surface area contributed by atoms with Crippen LogP contribution in [0.15, 0.2) is 54.7 Å². The van der Waals surface area contributed by atoms with Gasteiger partial charge in [-0.1, -0.05) is 24.3 Å². The molecule has 2 aromatic carbocycles. The molecular formula is C21H18F2N2O2. The first-order chi connectivity index (χ1) is 12.9. The minimum Gasteiger partial charge on any atom is -0.395 e. The number of aryl methyl sites for hydroxylation is 2. The van der Waals surface area contributed by atoms with E-state index in [0.29, 0.717) is 6.54 Å². The monoisotopic (exact) mass is 368 g/mol. The second-order valence-electron chi connectivity index (χ2n) is 6.49. The number of anilines is 1. The highest BCUT2D eigenvalue weighted by Gasteiger charge is 2.43. The predicted octanol–water partition coefficient (Wildman–Crippen LogP) is 5.30. The molecule has 0 spiro atoms. The van der Waals surface area contributed by atoms with Gasteiger partial charge in [-0.15, -0.1) is 8.78 Å². The molecule has 0 bridgehead atoms. The Morgan fingerprint density at radius 1 is 0.963 bits per heavy atom. The van der Waals surface area contributed by atoms with Gasteiger partial charge in [0.25, 0.3) is 0 Å². The Hall–Kier alpha value is -3.15. The number of fused-ring (bicyclic) bond motifs is 1. The van der Waals surface area contributed by atoms with Gasteiger partial charge >= 0.3 is 6.29 Å². The van der Waals surface area contributed by atoms with Crippen LogP contribution in [0.25, 0.3) is 11.1 Å². The van der Waals surface area contributed by atoms with E-state index in [0.717, 1.165) is 22.5 Å². The van der Waals surface area contributed by atoms with Crippen molar-refractivity contribution in [1.29, 1.82) is 0 Å². The van der Waals surface area contributed by atoms with Crippen molar-refractivity contribution >= 4 is 5.82 Å². The van der Waals surface area contributed by atoms with E-state index in [2.05, 4.69) is 38.8 Å². The number of rotatable bonds is 4. The molecule has 1 aromatic heterocycles. The van der Waals surface area contributed by atoms with Crippen LogP contribution in [0, 0.1) is 13.8 Å². The second-order valence-corrected chi connectivity index (χ2v) is 6.49. The van der Waals surface area contributed by atoms with Gasteiger partial charge in [0.1, 0.15) is 5.82 Å². The highest BCUT2D eigenvalue weighted by Crippen LogP contribution is 2.44. The molecule has 27 heavy (non-hydrogen) atoms. The van der Waals surface area contributed by atoms with Gasteiger partial charge in [0, 0.05) is 18.3 Å². The fraction of sp³-hybridized carbons (Fsp3) is 0.190. The molecule has 0 saturated heterocycles. The lowest BCUT2D eigenvalue weighted by Crippen LogP contribution is -2.25. The largest absolute Gasteiger partial charge is 0.586 e. The Morgan fingerprint density at radius 3 is 2.41 bits per heavy atom. The normalized spacial score (nSPS) is 14.2. The van der Waals surface area contributed by atoms with Gasteiger partial charge in [0.05, 0.1) is 0 Å². The number of ether oxygens (including phenoxy) is 2. The van der Waals surface area contributed by atoms with Crippen LogP contribution in [0.2, 0.25) is 0 Å². The van der Waals surface area contributed by atoms with E-state index < -0.39 is 6.29 Å². The van der Waals surface area contributed by atoms with E-state index >= 15 is 0 Å². The minimum absolute atomic E-state index is 0.0300. The molecule has 0 amide bonds. The summed E-state index contributed by atoms with van der Waals surface area (Å²) in [5, 5.41) is 3.29. The van der Waals surface area contributed by atoms with E-state index in [9.17, 15) is 8.78 Å². The Kier molecular flexibility index (Phi) is 4.18. The van der Waals surface area contributed by atoms with Gasteiger partial charge in [-0.05, 0) is 60.4 Å². The number of hydrogen-bond acceptors (Lipinski definition) is 4. The van der Waals surface area contributed by atoms with Crippen LogP contribution in [0.4, 0.5) is 14.6 Å². The van der Waals surface area contributed by atoms with Crippen LogP contribution in [0.1, 0.15) is 16.7 Å². The fourth-order valence-corrected chi connectivity index (χ4v) is 3.06. The first-order valence-corrected chi connectivity index (χ1v) is 8.56. The van der Waals surface area contributed by atoms with Gasteiger partial charge in [0.15, 0.2) is 11.5 Å². The molecule has 0 aliphatic carbocycles. The maximum absolute atomic E-state index is 13.2. The molecule has 0 radical (unpaired) electrons. The van der Waals surface area contributed by atoms with Crippen molar-refractivity contribution in [2.45, 2.75) is 26.7 Å². The summed E-state index contributed by atoms with van der Waals surface area (Å²) in [6.45, 7) is 4.58. The maximum atomic E-state index is 13.2. The second kappa shape index (κ2) is 6.54. The minimum atomic E-state index is -3.62. The highest BCUT2D eigenvalue weighted by atomic mass is 19.3. The molecule has 0 fully saturated rings. The van der Waals surface area contributed by atoms with E-state index in [1.807, 2.05) is 31.2 Å². The lowest BCUT2D eigenvalue weighted by atomic mass is 10.0. The number of benzene rings is 2. The molecule has 1 aliphatic heterocycles. The molecule has 6 heteroatoms. The number of alkyl halides is 2. The SMILES string of the molecule is Cc1ccccc1CNc1ccc(-c2cc3c(cc2C)OC(F)(F)O3)cn1. The fourth-order valence-electron chi connectivity index (χ4n) is 3.06. The first kappa shape index (κ1) is 17.3. The summed E-state index contributed by atoms with van der Waals surface area (Å²) in [4.78, 5) is 4.43. The number of pyridine rings is 1. The van der Waals surface area contributed by atoms with Gasteiger partial charge in [-0.3, -0.25) is 0 Å². The zero-order valence-corrected chi connectivity index (χ0v) is 14.9. The zero-order valence-electron chi connectivity index (χ0n) is 14.9. The summed E-state index contributed by atoms with van der Waals surface area (Å²) in [7, 11) is 0. The lowest BCUT2D eigenvalue weighted by molar-refractivity contribution is -0.286. The Labute approximate surface area is 155 Å². The third-order valence-electron chi connectivity index (χ3n) is 4.54. The molecule has 4 rings (SSSR count). The third kappa shape index (κ3) is 3.56. The van der Waals surface area contributed by atoms with Crippen molar-refractivity contribution < 1.29 is 18.3 Å². The number of hydrogen-bond donors (Lipinski definition) is 1. The van der Waals surface area contributed by atoms with Crippen molar-refractivity contribution in [3.8, 4) is 22.6 Å². The quantitative estimate of drug-likeness (QED) is 0.679. The van der Waals surface area contributed by atoms with Crippen molar-refractivity contribution in [2.24, 2.45) is 0 Å². The highest BCUT2D eigenvalue weighted by molar-refractivity contribution is 5.71. The van der Waals surface area contributed by atoms with E-state index in [1.54, 1.807) is 18.3 Å². The number of halogens is 2. The van der Waals surface area contributed by atoms with E-state index in [4.69, 9.17) is 0 Å². The molecule has 4 nitrogen and oxygen atoms in total. The van der Waals surface area contributed by atoms with Crippen LogP contribution in [-0.2, 0) is 6.54 Å². The number of aromatic nitrogens is 1. The van der Waals surface area contributed by atoms with Crippen LogP contribution in [0.5, 0.6) is 11.5 Å². The Balaban J connectivity index is 1.52. The average molecular weight is 368 g/mol. The Morgan fingerprint density at radius 2 is 1.70 bits per heavy atom. The van der Waals surface area contributed by atoms with Crippen LogP contribution >= 0.6 is 0 Å². The summed E-state index contributed by atoms with van der Waals surface area (Å²) in [5.41, 5.74) is 4.81. The maximum Gasteiger partial charge on any atom is 0.586 e. The van der Waals surface area contributed by atoms with E-state index in [1.165, 1.54) is 11.1 Å². The molecule has 1 N–H and O–H groups in total. The summed E-state index contributed by atoms with van der Waals surface area (Å²) >= 11 is 0. The predicted molar refractivity (Wildman–Crippen MR) is 99.1 cm³/mol. The van der Waals surface area contributed by atoms with Gasteiger partial charge in [-0.2, -0.15) is 0 Å². The molecule has 2 heterocycles. The van der Waals surface area contributed by atoms with Crippen LogP contribution in [0.3, 0.4) is 0 Å². The van der Waals surface area contributed by atoms with Crippen molar-refractivity contribution in [1.82, 2.24) is 4.98 Å². The summed E-state index contributed by atoms with van der Waals surface area (Å²) in [6.07, 6.45) is -1.90. The molecule has 1 aliphatic rings. The van der Waals surface area contributed by atoms with Gasteiger partial charge in [0.2, 0.25) is 0 Å². The average Bonchev–Trinajstić information content (AvgIpc) is 2.93. The third-order valence-corrected chi connectivity index (χ3v) is 4.54. The summed E-state index contributed by atoms with van der Waals surface area (Å²) in [5.74, 6) is 0.819. The molecule has 0 unspecified atom stereocenters. The molecule has 0 saturated carbocycles. The van der Waals surface area contributed by atoms with Crippen LogP contribution < -0.4 is 14.8 Å². The smallest absolute Gasteiger partial charge is 0.395 e. The van der Waals surface area contributed by atoms with Crippen molar-refractivity contribution in [3.63, 3.8) is 0 Å². The lowest BCUT2D eigenvalue weighted by Gasteiger charge is -2.10. The molecule has 0 atom stereocenters. The molecular weight excluding hydrogens is 350 g/mol. The topological polar surface area (TPSA) is 43.4 Å². The van der Waals surface area contributed by atoms with Crippen LogP contribution in [-0.4, -0.2) is 11.3 Å². The van der Waals surface area contributed by atoms with Crippen molar-refractivity contribution in [3.05, 3.63) is 71.4 Å². The van der Waals surface area contributed by atoms with Crippen molar-refractivity contribution in [2.75, 3.05) is 5.32 Å². The Bertz CT molecular complexity index is 988. The number of nitrogens with one attached hydrogen (secondary N) is 1. The van der Waals surface area contributed by atoms with E-state index in [-0.39, 0.29) is 11.5 Å². The zero-order chi connectivity index (χ0) is 19.0.